The van der Waals surface area contributed by atoms with Gasteiger partial charge in [-0.25, -0.2) is 0 Å². The maximum atomic E-state index is 6.25. The van der Waals surface area contributed by atoms with Crippen molar-refractivity contribution in [1.82, 2.24) is 0 Å². The highest BCUT2D eigenvalue weighted by molar-refractivity contribution is 5.86. The van der Waals surface area contributed by atoms with Gasteiger partial charge in [0.1, 0.15) is 48.4 Å². The van der Waals surface area contributed by atoms with Gasteiger partial charge in [0.15, 0.2) is 0 Å². The summed E-state index contributed by atoms with van der Waals surface area (Å²) >= 11 is 0. The number of benzene rings is 4. The van der Waals surface area contributed by atoms with Gasteiger partial charge in [-0.05, 0) is 103 Å². The van der Waals surface area contributed by atoms with Crippen LogP contribution in [0.4, 0.5) is 0 Å². The molecule has 0 radical (unpaired) electrons. The van der Waals surface area contributed by atoms with Crippen molar-refractivity contribution in [3.63, 3.8) is 0 Å². The van der Waals surface area contributed by atoms with Crippen LogP contribution in [0.5, 0.6) is 23.0 Å². The van der Waals surface area contributed by atoms with E-state index in [0.29, 0.717) is 13.2 Å². The van der Waals surface area contributed by atoms with Crippen LogP contribution in [0.15, 0.2) is 72.8 Å². The molecule has 6 heteroatoms. The Morgan fingerprint density at radius 3 is 1.38 bits per heavy atom. The van der Waals surface area contributed by atoms with Crippen molar-refractivity contribution in [3.05, 3.63) is 72.8 Å². The summed E-state index contributed by atoms with van der Waals surface area (Å²) in [5.74, 6) is 3.49. The van der Waals surface area contributed by atoms with Gasteiger partial charge in [0.05, 0.1) is 25.4 Å². The third kappa shape index (κ3) is 7.34. The van der Waals surface area contributed by atoms with E-state index in [4.69, 9.17) is 28.4 Å². The lowest BCUT2D eigenvalue weighted by Gasteiger charge is -2.18. The van der Waals surface area contributed by atoms with Crippen LogP contribution in [0, 0.1) is 0 Å². The smallest absolute Gasteiger partial charge is 0.120 e. The lowest BCUT2D eigenvalue weighted by Crippen LogP contribution is -2.15. The van der Waals surface area contributed by atoms with Gasteiger partial charge in [-0.15, -0.1) is 0 Å². The second-order valence-corrected chi connectivity index (χ2v) is 10.7. The SMILES string of the molecule is CC(CCCC(C)Oc1ccc2ccc(OCC3CO3)cc2c1)Oc1ccc2ccc(OCC3CO3)cc2c1. The summed E-state index contributed by atoms with van der Waals surface area (Å²) in [6.07, 6.45) is 3.66. The van der Waals surface area contributed by atoms with E-state index in [2.05, 4.69) is 62.4 Å². The minimum absolute atomic E-state index is 0.112. The molecule has 4 unspecified atom stereocenters. The Morgan fingerprint density at radius 1 is 0.590 bits per heavy atom. The summed E-state index contributed by atoms with van der Waals surface area (Å²) in [7, 11) is 0. The third-order valence-electron chi connectivity index (χ3n) is 7.14. The lowest BCUT2D eigenvalue weighted by molar-refractivity contribution is 0.179. The lowest BCUT2D eigenvalue weighted by atomic mass is 10.1. The molecule has 2 saturated heterocycles. The quantitative estimate of drug-likeness (QED) is 0.165. The highest BCUT2D eigenvalue weighted by Crippen LogP contribution is 2.28. The number of epoxide rings is 2. The molecular formula is C33H36O6. The zero-order valence-electron chi connectivity index (χ0n) is 22.6. The van der Waals surface area contributed by atoms with Gasteiger partial charge in [-0.2, -0.15) is 0 Å². The van der Waals surface area contributed by atoms with Crippen molar-refractivity contribution in [3.8, 4) is 23.0 Å². The van der Waals surface area contributed by atoms with Crippen LogP contribution in [0.25, 0.3) is 21.5 Å². The summed E-state index contributed by atoms with van der Waals surface area (Å²) in [6, 6.07) is 24.8. The molecule has 0 saturated carbocycles. The molecule has 0 bridgehead atoms. The molecule has 4 aromatic carbocycles. The molecule has 0 amide bonds. The van der Waals surface area contributed by atoms with E-state index in [1.54, 1.807) is 0 Å². The summed E-state index contributed by atoms with van der Waals surface area (Å²) in [5, 5.41) is 4.56. The van der Waals surface area contributed by atoms with Crippen molar-refractivity contribution in [1.29, 1.82) is 0 Å². The van der Waals surface area contributed by atoms with E-state index in [-0.39, 0.29) is 24.4 Å². The van der Waals surface area contributed by atoms with E-state index in [9.17, 15) is 0 Å². The Kier molecular flexibility index (Phi) is 7.75. The Morgan fingerprint density at radius 2 is 0.974 bits per heavy atom. The third-order valence-corrected chi connectivity index (χ3v) is 7.14. The van der Waals surface area contributed by atoms with Gasteiger partial charge < -0.3 is 28.4 Å². The molecule has 39 heavy (non-hydrogen) atoms. The Bertz CT molecular complexity index is 1300. The maximum absolute atomic E-state index is 6.25. The van der Waals surface area contributed by atoms with Crippen molar-refractivity contribution >= 4 is 21.5 Å². The first kappa shape index (κ1) is 25.8. The summed E-state index contributed by atoms with van der Waals surface area (Å²) in [4.78, 5) is 0. The highest BCUT2D eigenvalue weighted by atomic mass is 16.6. The standard InChI is InChI=1S/C33H36O6/c1-22(38-30-12-8-24-6-10-28(14-26(24)16-30)34-18-32-20-36-32)4-3-5-23(2)39-31-13-9-25-7-11-29(15-27(25)17-31)35-19-33-21-37-33/h6-17,22-23,32-33H,3-5,18-21H2,1-2H3. The zero-order valence-corrected chi connectivity index (χ0v) is 22.6. The van der Waals surface area contributed by atoms with E-state index in [1.165, 1.54) is 10.8 Å². The Hall–Kier alpha value is -3.48. The normalized spacial score (nSPS) is 19.4. The van der Waals surface area contributed by atoms with Gasteiger partial charge >= 0.3 is 0 Å². The zero-order chi connectivity index (χ0) is 26.6. The molecule has 0 spiro atoms. The van der Waals surface area contributed by atoms with Crippen molar-refractivity contribution < 1.29 is 28.4 Å². The monoisotopic (exact) mass is 528 g/mol. The first-order valence-corrected chi connectivity index (χ1v) is 14.0. The van der Waals surface area contributed by atoms with Crippen LogP contribution in [0.1, 0.15) is 33.1 Å². The summed E-state index contributed by atoms with van der Waals surface area (Å²) < 4.78 is 34.6. The molecule has 4 aromatic rings. The molecule has 6 nitrogen and oxygen atoms in total. The van der Waals surface area contributed by atoms with Crippen LogP contribution in [0.2, 0.25) is 0 Å². The van der Waals surface area contributed by atoms with Crippen LogP contribution < -0.4 is 18.9 Å². The van der Waals surface area contributed by atoms with Crippen LogP contribution >= 0.6 is 0 Å². The topological polar surface area (TPSA) is 62.0 Å². The Balaban J connectivity index is 0.968. The van der Waals surface area contributed by atoms with Crippen LogP contribution in [-0.4, -0.2) is 50.8 Å². The summed E-state index contributed by atoms with van der Waals surface area (Å²) in [6.45, 7) is 7.06. The van der Waals surface area contributed by atoms with Crippen molar-refractivity contribution in [2.45, 2.75) is 57.5 Å². The van der Waals surface area contributed by atoms with Gasteiger partial charge in [0, 0.05) is 0 Å². The van der Waals surface area contributed by atoms with Crippen LogP contribution in [0.3, 0.4) is 0 Å². The minimum atomic E-state index is 0.112. The summed E-state index contributed by atoms with van der Waals surface area (Å²) in [5.41, 5.74) is 0. The van der Waals surface area contributed by atoms with E-state index in [0.717, 1.165) is 66.2 Å². The van der Waals surface area contributed by atoms with Crippen LogP contribution in [-0.2, 0) is 9.47 Å². The number of hydrogen-bond acceptors (Lipinski definition) is 6. The van der Waals surface area contributed by atoms with Gasteiger partial charge in [0.25, 0.3) is 0 Å². The predicted molar refractivity (Wildman–Crippen MR) is 152 cm³/mol. The van der Waals surface area contributed by atoms with Gasteiger partial charge in [-0.1, -0.05) is 24.3 Å². The first-order chi connectivity index (χ1) is 19.1. The molecule has 2 fully saturated rings. The molecule has 0 aromatic heterocycles. The van der Waals surface area contributed by atoms with E-state index < -0.39 is 0 Å². The van der Waals surface area contributed by atoms with E-state index in [1.807, 2.05) is 24.3 Å². The first-order valence-electron chi connectivity index (χ1n) is 14.0. The highest BCUT2D eigenvalue weighted by Gasteiger charge is 2.23. The van der Waals surface area contributed by atoms with Gasteiger partial charge in [0.2, 0.25) is 0 Å². The number of hydrogen-bond donors (Lipinski definition) is 0. The second-order valence-electron chi connectivity index (χ2n) is 10.7. The molecule has 6 rings (SSSR count). The number of ether oxygens (including phenoxy) is 6. The van der Waals surface area contributed by atoms with Crippen molar-refractivity contribution in [2.75, 3.05) is 26.4 Å². The fourth-order valence-electron chi connectivity index (χ4n) is 4.71. The average molecular weight is 529 g/mol. The maximum Gasteiger partial charge on any atom is 0.120 e. The fourth-order valence-corrected chi connectivity index (χ4v) is 4.71. The molecule has 204 valence electrons. The average Bonchev–Trinajstić information content (AvgIpc) is 3.86. The van der Waals surface area contributed by atoms with Crippen molar-refractivity contribution in [2.24, 2.45) is 0 Å². The number of rotatable bonds is 14. The Labute approximate surface area is 229 Å². The fraction of sp³-hybridized carbons (Fsp3) is 0.394. The largest absolute Gasteiger partial charge is 0.491 e. The van der Waals surface area contributed by atoms with Gasteiger partial charge in [-0.3, -0.25) is 0 Å². The second kappa shape index (κ2) is 11.7. The minimum Gasteiger partial charge on any atom is -0.491 e. The molecule has 2 heterocycles. The number of fused-ring (bicyclic) bond motifs is 2. The molecular weight excluding hydrogens is 492 g/mol. The molecule has 2 aliphatic rings. The molecule has 0 N–H and O–H groups in total. The molecule has 2 aliphatic heterocycles. The predicted octanol–water partition coefficient (Wildman–Crippen LogP) is 6.95. The molecule has 0 aliphatic carbocycles. The van der Waals surface area contributed by atoms with E-state index >= 15 is 0 Å². The molecule has 4 atom stereocenters.